The highest BCUT2D eigenvalue weighted by Crippen LogP contribution is 2.36. The van der Waals surface area contributed by atoms with Gasteiger partial charge in [-0.05, 0) is 23.8 Å². The van der Waals surface area contributed by atoms with Gasteiger partial charge in [-0.2, -0.15) is 0 Å². The fourth-order valence-corrected chi connectivity index (χ4v) is 2.61. The average molecular weight is 284 g/mol. The summed E-state index contributed by atoms with van der Waals surface area (Å²) in [6.07, 6.45) is 0.839. The molecule has 0 spiro atoms. The Kier molecular flexibility index (Phi) is 3.52. The van der Waals surface area contributed by atoms with E-state index >= 15 is 0 Å². The van der Waals surface area contributed by atoms with Crippen molar-refractivity contribution in [2.24, 2.45) is 0 Å². The summed E-state index contributed by atoms with van der Waals surface area (Å²) in [6.45, 7) is 0.620. The van der Waals surface area contributed by atoms with E-state index in [1.807, 2.05) is 12.1 Å². The summed E-state index contributed by atoms with van der Waals surface area (Å²) in [5, 5.41) is 0. The Labute approximate surface area is 123 Å². The number of fused-ring (bicyclic) bond motifs is 1. The predicted molar refractivity (Wildman–Crippen MR) is 78.6 cm³/mol. The Bertz CT molecular complexity index is 691. The van der Waals surface area contributed by atoms with E-state index in [0.717, 1.165) is 12.0 Å². The summed E-state index contributed by atoms with van der Waals surface area (Å²) in [6, 6.07) is 10.9. The van der Waals surface area contributed by atoms with Gasteiger partial charge < -0.3 is 14.2 Å². The molecule has 1 aliphatic heterocycles. The molecule has 4 nitrogen and oxygen atoms in total. The monoisotopic (exact) mass is 284 g/mol. The second-order valence-electron chi connectivity index (χ2n) is 4.76. The van der Waals surface area contributed by atoms with Crippen LogP contribution in [0.1, 0.15) is 21.5 Å². The molecule has 3 rings (SSSR count). The van der Waals surface area contributed by atoms with Gasteiger partial charge >= 0.3 is 0 Å². The molecule has 0 unspecified atom stereocenters. The molecule has 2 aromatic rings. The molecule has 0 amide bonds. The molecule has 0 N–H and O–H groups in total. The van der Waals surface area contributed by atoms with Crippen LogP contribution in [0, 0.1) is 0 Å². The van der Waals surface area contributed by atoms with Gasteiger partial charge in [-0.3, -0.25) is 4.79 Å². The lowest BCUT2D eigenvalue weighted by Gasteiger charge is -2.13. The molecule has 1 aliphatic rings. The van der Waals surface area contributed by atoms with Crippen LogP contribution in [0.25, 0.3) is 0 Å². The number of carbonyl (C=O) groups excluding carboxylic acids is 1. The SMILES string of the molecule is COc1cccc(C(=O)c2cccc3c2OCC3)c1OC. The molecule has 4 heteroatoms. The van der Waals surface area contributed by atoms with Gasteiger partial charge in [-0.15, -0.1) is 0 Å². The number of hydrogen-bond donors (Lipinski definition) is 0. The van der Waals surface area contributed by atoms with Crippen molar-refractivity contribution < 1.29 is 19.0 Å². The van der Waals surface area contributed by atoms with Gasteiger partial charge in [0.1, 0.15) is 5.75 Å². The van der Waals surface area contributed by atoms with Gasteiger partial charge in [0.15, 0.2) is 11.5 Å². The Morgan fingerprint density at radius 3 is 2.57 bits per heavy atom. The first-order valence-corrected chi connectivity index (χ1v) is 6.76. The van der Waals surface area contributed by atoms with Crippen molar-refractivity contribution in [2.75, 3.05) is 20.8 Å². The highest BCUT2D eigenvalue weighted by Gasteiger charge is 2.24. The molecule has 0 fully saturated rings. The normalized spacial score (nSPS) is 12.5. The van der Waals surface area contributed by atoms with Crippen LogP contribution in [0.2, 0.25) is 0 Å². The maximum atomic E-state index is 12.8. The number of rotatable bonds is 4. The highest BCUT2D eigenvalue weighted by molar-refractivity contribution is 6.13. The van der Waals surface area contributed by atoms with E-state index < -0.39 is 0 Å². The summed E-state index contributed by atoms with van der Waals surface area (Å²) in [4.78, 5) is 12.8. The Morgan fingerprint density at radius 2 is 1.81 bits per heavy atom. The fraction of sp³-hybridized carbons (Fsp3) is 0.235. The number of methoxy groups -OCH3 is 2. The van der Waals surface area contributed by atoms with Crippen molar-refractivity contribution in [2.45, 2.75) is 6.42 Å². The van der Waals surface area contributed by atoms with Crippen LogP contribution in [0.3, 0.4) is 0 Å². The lowest BCUT2D eigenvalue weighted by Crippen LogP contribution is -2.06. The third-order valence-electron chi connectivity index (χ3n) is 3.61. The van der Waals surface area contributed by atoms with Crippen LogP contribution >= 0.6 is 0 Å². The van der Waals surface area contributed by atoms with E-state index in [-0.39, 0.29) is 5.78 Å². The first-order chi connectivity index (χ1) is 10.3. The van der Waals surface area contributed by atoms with Crippen molar-refractivity contribution >= 4 is 5.78 Å². The fourth-order valence-electron chi connectivity index (χ4n) is 2.61. The Hall–Kier alpha value is -2.49. The third kappa shape index (κ3) is 2.23. The van der Waals surface area contributed by atoms with Crippen LogP contribution < -0.4 is 14.2 Å². The Morgan fingerprint density at radius 1 is 1.05 bits per heavy atom. The van der Waals surface area contributed by atoms with Gasteiger partial charge in [0.2, 0.25) is 5.78 Å². The number of ketones is 1. The predicted octanol–water partition coefficient (Wildman–Crippen LogP) is 2.87. The molecule has 0 saturated carbocycles. The van der Waals surface area contributed by atoms with Gasteiger partial charge in [0.25, 0.3) is 0 Å². The summed E-state index contributed by atoms with van der Waals surface area (Å²) in [7, 11) is 3.08. The van der Waals surface area contributed by atoms with Gasteiger partial charge in [-0.25, -0.2) is 0 Å². The zero-order chi connectivity index (χ0) is 14.8. The second-order valence-corrected chi connectivity index (χ2v) is 4.76. The molecular formula is C17H16O4. The number of para-hydroxylation sites is 2. The maximum absolute atomic E-state index is 12.8. The minimum Gasteiger partial charge on any atom is -0.493 e. The molecule has 0 aliphatic carbocycles. The average Bonchev–Trinajstić information content (AvgIpc) is 3.01. The minimum absolute atomic E-state index is 0.121. The van der Waals surface area contributed by atoms with Crippen LogP contribution in [-0.2, 0) is 6.42 Å². The number of hydrogen-bond acceptors (Lipinski definition) is 4. The molecule has 108 valence electrons. The van der Waals surface area contributed by atoms with Crippen LogP contribution in [0.15, 0.2) is 36.4 Å². The standard InChI is InChI=1S/C17H16O4/c1-19-14-8-4-7-13(17(14)20-2)15(18)12-6-3-5-11-9-10-21-16(11)12/h3-8H,9-10H2,1-2H3. The third-order valence-corrected chi connectivity index (χ3v) is 3.61. The van der Waals surface area contributed by atoms with E-state index in [4.69, 9.17) is 14.2 Å². The first kappa shape index (κ1) is 13.5. The molecule has 0 bridgehead atoms. The van der Waals surface area contributed by atoms with E-state index in [1.54, 1.807) is 31.4 Å². The molecule has 0 atom stereocenters. The Balaban J connectivity index is 2.10. The van der Waals surface area contributed by atoms with Crippen LogP contribution in [0.4, 0.5) is 0 Å². The van der Waals surface area contributed by atoms with E-state index in [9.17, 15) is 4.79 Å². The zero-order valence-corrected chi connectivity index (χ0v) is 12.0. The molecule has 0 radical (unpaired) electrons. The maximum Gasteiger partial charge on any atom is 0.200 e. The molecular weight excluding hydrogens is 268 g/mol. The molecule has 21 heavy (non-hydrogen) atoms. The zero-order valence-electron chi connectivity index (χ0n) is 12.0. The second kappa shape index (κ2) is 5.48. The number of benzene rings is 2. The van der Waals surface area contributed by atoms with E-state index in [1.165, 1.54) is 7.11 Å². The lowest BCUT2D eigenvalue weighted by molar-refractivity contribution is 0.103. The van der Waals surface area contributed by atoms with Crippen LogP contribution in [-0.4, -0.2) is 26.6 Å². The number of carbonyl (C=O) groups is 1. The van der Waals surface area contributed by atoms with Gasteiger partial charge in [-0.1, -0.05) is 18.2 Å². The molecule has 2 aromatic carbocycles. The minimum atomic E-state index is -0.121. The highest BCUT2D eigenvalue weighted by atomic mass is 16.5. The quantitative estimate of drug-likeness (QED) is 0.810. The molecule has 0 saturated heterocycles. The molecule has 0 aromatic heterocycles. The first-order valence-electron chi connectivity index (χ1n) is 6.76. The number of ether oxygens (including phenoxy) is 3. The van der Waals surface area contributed by atoms with Crippen molar-refractivity contribution in [1.29, 1.82) is 0 Å². The summed E-state index contributed by atoms with van der Waals surface area (Å²) < 4.78 is 16.2. The van der Waals surface area contributed by atoms with Gasteiger partial charge in [0.05, 0.1) is 32.0 Å². The van der Waals surface area contributed by atoms with Crippen molar-refractivity contribution in [3.63, 3.8) is 0 Å². The van der Waals surface area contributed by atoms with E-state index in [0.29, 0.717) is 35.0 Å². The summed E-state index contributed by atoms with van der Waals surface area (Å²) in [5.41, 5.74) is 2.11. The van der Waals surface area contributed by atoms with Crippen molar-refractivity contribution in [3.05, 3.63) is 53.1 Å². The summed E-state index contributed by atoms with van der Waals surface area (Å²) >= 11 is 0. The van der Waals surface area contributed by atoms with Crippen molar-refractivity contribution in [1.82, 2.24) is 0 Å². The lowest BCUT2D eigenvalue weighted by atomic mass is 9.99. The van der Waals surface area contributed by atoms with E-state index in [2.05, 4.69) is 0 Å². The van der Waals surface area contributed by atoms with Gasteiger partial charge in [0, 0.05) is 6.42 Å². The van der Waals surface area contributed by atoms with Crippen LogP contribution in [0.5, 0.6) is 17.2 Å². The smallest absolute Gasteiger partial charge is 0.200 e. The van der Waals surface area contributed by atoms with Crippen molar-refractivity contribution in [3.8, 4) is 17.2 Å². The summed E-state index contributed by atoms with van der Waals surface area (Å²) in [5.74, 6) is 1.55. The molecule has 1 heterocycles. The topological polar surface area (TPSA) is 44.8 Å². The largest absolute Gasteiger partial charge is 0.493 e.